The van der Waals surface area contributed by atoms with Gasteiger partial charge in [0, 0.05) is 28.6 Å². The van der Waals surface area contributed by atoms with E-state index in [4.69, 9.17) is 22.0 Å². The molecular weight excluding hydrogens is 372 g/mol. The summed E-state index contributed by atoms with van der Waals surface area (Å²) in [7, 11) is 0. The van der Waals surface area contributed by atoms with Crippen LogP contribution in [0.4, 0.5) is 11.5 Å². The van der Waals surface area contributed by atoms with Crippen LogP contribution in [0, 0.1) is 12.3 Å². The van der Waals surface area contributed by atoms with Crippen molar-refractivity contribution in [2.75, 3.05) is 5.32 Å². The molecular formula is C22H31ClN4O. The molecule has 0 aliphatic heterocycles. The lowest BCUT2D eigenvalue weighted by Crippen LogP contribution is -2.31. The number of nitrogens with one attached hydrogen (secondary N) is 2. The van der Waals surface area contributed by atoms with Crippen LogP contribution in [-0.2, 0) is 5.41 Å². The molecule has 0 aliphatic carbocycles. The van der Waals surface area contributed by atoms with Gasteiger partial charge in [0.15, 0.2) is 0 Å². The molecule has 2 unspecified atom stereocenters. The van der Waals surface area contributed by atoms with Crippen molar-refractivity contribution in [1.82, 2.24) is 9.97 Å². The maximum Gasteiger partial charge on any atom is 0.131 e. The zero-order valence-corrected chi connectivity index (χ0v) is 18.2. The summed E-state index contributed by atoms with van der Waals surface area (Å²) in [6.45, 7) is 9.94. The lowest BCUT2D eigenvalue weighted by molar-refractivity contribution is 0.137. The van der Waals surface area contributed by atoms with E-state index in [0.29, 0.717) is 34.4 Å². The van der Waals surface area contributed by atoms with Crippen LogP contribution in [0.5, 0.6) is 0 Å². The minimum absolute atomic E-state index is 0.165. The van der Waals surface area contributed by atoms with Gasteiger partial charge >= 0.3 is 0 Å². The van der Waals surface area contributed by atoms with Crippen molar-refractivity contribution in [2.24, 2.45) is 0 Å². The Balaban J connectivity index is 2.51. The molecule has 0 radical (unpaired) electrons. The van der Waals surface area contributed by atoms with Gasteiger partial charge in [-0.2, -0.15) is 0 Å². The summed E-state index contributed by atoms with van der Waals surface area (Å²) < 4.78 is 0. The summed E-state index contributed by atoms with van der Waals surface area (Å²) in [5, 5.41) is 21.8. The first-order valence-electron chi connectivity index (χ1n) is 9.86. The van der Waals surface area contributed by atoms with Crippen molar-refractivity contribution in [1.29, 1.82) is 5.41 Å². The van der Waals surface area contributed by atoms with Crippen LogP contribution >= 0.6 is 11.6 Å². The number of hydrogen-bond donors (Lipinski definition) is 3. The molecule has 0 spiro atoms. The van der Waals surface area contributed by atoms with Crippen LogP contribution in [0.3, 0.4) is 0 Å². The van der Waals surface area contributed by atoms with Gasteiger partial charge in [0.1, 0.15) is 11.0 Å². The topological polar surface area (TPSA) is 81.9 Å². The zero-order valence-electron chi connectivity index (χ0n) is 17.4. The van der Waals surface area contributed by atoms with E-state index in [-0.39, 0.29) is 5.41 Å². The molecule has 0 aromatic carbocycles. The van der Waals surface area contributed by atoms with E-state index in [2.05, 4.69) is 30.2 Å². The second kappa shape index (κ2) is 9.48. The predicted molar refractivity (Wildman–Crippen MR) is 117 cm³/mol. The average molecular weight is 403 g/mol. The molecule has 0 saturated heterocycles. The van der Waals surface area contributed by atoms with Gasteiger partial charge in [-0.15, -0.1) is 0 Å². The number of rotatable bonds is 9. The third kappa shape index (κ3) is 5.30. The van der Waals surface area contributed by atoms with Gasteiger partial charge in [-0.1, -0.05) is 31.9 Å². The summed E-state index contributed by atoms with van der Waals surface area (Å²) in [4.78, 5) is 9.00. The minimum atomic E-state index is -0.392. The van der Waals surface area contributed by atoms with Gasteiger partial charge in [-0.3, -0.25) is 0 Å². The third-order valence-electron chi connectivity index (χ3n) is 5.14. The molecule has 0 amide bonds. The fourth-order valence-electron chi connectivity index (χ4n) is 3.85. The Hall–Kier alpha value is -1.98. The number of aryl methyl sites for hydroxylation is 1. The lowest BCUT2D eigenvalue weighted by Gasteiger charge is -2.34. The molecule has 5 nitrogen and oxygen atoms in total. The maximum absolute atomic E-state index is 10.1. The monoisotopic (exact) mass is 402 g/mol. The Morgan fingerprint density at radius 3 is 2.61 bits per heavy atom. The number of aromatic nitrogens is 2. The van der Waals surface area contributed by atoms with E-state index < -0.39 is 6.10 Å². The summed E-state index contributed by atoms with van der Waals surface area (Å²) >= 11 is 6.07. The summed E-state index contributed by atoms with van der Waals surface area (Å²) in [6.07, 6.45) is 4.79. The fraction of sp³-hybridized carbons (Fsp3) is 0.500. The van der Waals surface area contributed by atoms with E-state index >= 15 is 0 Å². The Labute approximate surface area is 173 Å². The first-order valence-corrected chi connectivity index (χ1v) is 10.2. The van der Waals surface area contributed by atoms with Gasteiger partial charge in [0.05, 0.1) is 11.8 Å². The van der Waals surface area contributed by atoms with Crippen molar-refractivity contribution >= 4 is 28.8 Å². The first-order chi connectivity index (χ1) is 13.2. The molecule has 2 rings (SSSR count). The molecule has 2 heterocycles. The zero-order chi connectivity index (χ0) is 20.9. The molecule has 3 N–H and O–H groups in total. The minimum Gasteiger partial charge on any atom is -0.393 e. The molecule has 28 heavy (non-hydrogen) atoms. The number of pyridine rings is 2. The number of anilines is 2. The normalized spacial score (nSPS) is 14.4. The van der Waals surface area contributed by atoms with Crippen molar-refractivity contribution < 1.29 is 5.11 Å². The van der Waals surface area contributed by atoms with Crippen LogP contribution in [0.25, 0.3) is 0 Å². The van der Waals surface area contributed by atoms with E-state index in [0.717, 1.165) is 30.5 Å². The highest BCUT2D eigenvalue weighted by Gasteiger charge is 2.33. The Morgan fingerprint density at radius 2 is 2.04 bits per heavy atom. The van der Waals surface area contributed by atoms with Crippen molar-refractivity contribution in [3.05, 3.63) is 46.4 Å². The second-order valence-electron chi connectivity index (χ2n) is 7.65. The summed E-state index contributed by atoms with van der Waals surface area (Å²) in [6, 6.07) is 5.82. The van der Waals surface area contributed by atoms with Crippen molar-refractivity contribution in [2.45, 2.75) is 71.8 Å². The van der Waals surface area contributed by atoms with Crippen LogP contribution in [-0.4, -0.2) is 26.9 Å². The molecule has 0 bridgehead atoms. The number of aliphatic hydroxyl groups excluding tert-OH is 1. The number of aliphatic hydroxyl groups is 1. The Bertz CT molecular complexity index is 837. The maximum atomic E-state index is 10.1. The van der Waals surface area contributed by atoms with Crippen LogP contribution in [0.15, 0.2) is 24.4 Å². The first kappa shape index (κ1) is 22.3. The molecule has 0 saturated carbocycles. The van der Waals surface area contributed by atoms with Crippen LogP contribution in [0.1, 0.15) is 70.2 Å². The molecule has 6 heteroatoms. The molecule has 152 valence electrons. The SMILES string of the molecule is CCCC(CC)(CC(C)O)c1cc(C)cc(Nc2cc(Cl)ncc2C(C)=N)n1. The third-order valence-corrected chi connectivity index (χ3v) is 5.35. The average Bonchev–Trinajstić information content (AvgIpc) is 2.60. The second-order valence-corrected chi connectivity index (χ2v) is 8.04. The molecule has 0 aliphatic rings. The van der Waals surface area contributed by atoms with Gasteiger partial charge in [-0.25, -0.2) is 9.97 Å². The summed E-state index contributed by atoms with van der Waals surface area (Å²) in [5.41, 5.74) is 3.73. The Morgan fingerprint density at radius 1 is 1.32 bits per heavy atom. The highest BCUT2D eigenvalue weighted by Crippen LogP contribution is 2.38. The molecule has 2 aromatic rings. The smallest absolute Gasteiger partial charge is 0.131 e. The highest BCUT2D eigenvalue weighted by molar-refractivity contribution is 6.29. The lowest BCUT2D eigenvalue weighted by atomic mass is 9.73. The number of hydrogen-bond acceptors (Lipinski definition) is 5. The van der Waals surface area contributed by atoms with Gasteiger partial charge in [-0.05, 0) is 63.8 Å². The van der Waals surface area contributed by atoms with Gasteiger partial charge in [0.25, 0.3) is 0 Å². The van der Waals surface area contributed by atoms with Crippen molar-refractivity contribution in [3.63, 3.8) is 0 Å². The van der Waals surface area contributed by atoms with E-state index in [9.17, 15) is 5.11 Å². The van der Waals surface area contributed by atoms with E-state index in [1.54, 1.807) is 19.2 Å². The molecule has 0 fully saturated rings. The van der Waals surface area contributed by atoms with Crippen LogP contribution < -0.4 is 5.32 Å². The molecule has 2 atom stereocenters. The summed E-state index contributed by atoms with van der Waals surface area (Å²) in [5.74, 6) is 0.708. The van der Waals surface area contributed by atoms with Crippen LogP contribution in [0.2, 0.25) is 5.15 Å². The molecule has 2 aromatic heterocycles. The standard InChI is InChI=1S/C22H31ClN4O/c1-6-8-22(7-2,12-15(4)28)19-9-14(3)10-21(27-19)26-18-11-20(23)25-13-17(18)16(5)24/h9-11,13,15,24,28H,6-8,12H2,1-5H3,(H,25,26,27). The quantitative estimate of drug-likeness (QED) is 0.366. The number of halogens is 1. The largest absolute Gasteiger partial charge is 0.393 e. The van der Waals surface area contributed by atoms with E-state index in [1.165, 1.54) is 0 Å². The fourth-order valence-corrected chi connectivity index (χ4v) is 4.01. The highest BCUT2D eigenvalue weighted by atomic mass is 35.5. The van der Waals surface area contributed by atoms with Crippen molar-refractivity contribution in [3.8, 4) is 0 Å². The van der Waals surface area contributed by atoms with Gasteiger partial charge < -0.3 is 15.8 Å². The predicted octanol–water partition coefficient (Wildman–Crippen LogP) is 5.79. The number of nitrogens with zero attached hydrogens (tertiary/aromatic N) is 2. The Kier molecular flexibility index (Phi) is 7.55. The van der Waals surface area contributed by atoms with E-state index in [1.807, 2.05) is 19.9 Å². The van der Waals surface area contributed by atoms with Gasteiger partial charge in [0.2, 0.25) is 0 Å².